The molecule has 0 saturated heterocycles. The van der Waals surface area contributed by atoms with Crippen molar-refractivity contribution in [3.05, 3.63) is 29.3 Å². The van der Waals surface area contributed by atoms with E-state index in [4.69, 9.17) is 14.5 Å². The molecule has 3 aromatic rings. The van der Waals surface area contributed by atoms with Crippen LogP contribution >= 0.6 is 0 Å². The molecule has 3 aromatic heterocycles. The fourth-order valence-electron chi connectivity index (χ4n) is 4.06. The largest absolute Gasteiger partial charge is 0.489 e. The van der Waals surface area contributed by atoms with E-state index in [0.29, 0.717) is 61.3 Å². The number of carbonyl (C=O) groups is 1. The lowest BCUT2D eigenvalue weighted by Gasteiger charge is -2.27. The lowest BCUT2D eigenvalue weighted by Crippen LogP contribution is -2.29. The van der Waals surface area contributed by atoms with E-state index < -0.39 is 5.97 Å². The minimum atomic E-state index is -0.754. The Hall–Kier alpha value is -3.41. The molecule has 4 rings (SSSR count). The van der Waals surface area contributed by atoms with Crippen molar-refractivity contribution in [2.24, 2.45) is 13.0 Å². The number of pyridine rings is 1. The first-order valence-corrected chi connectivity index (χ1v) is 11.5. The molecule has 1 aliphatic carbocycles. The van der Waals surface area contributed by atoms with E-state index in [1.54, 1.807) is 11.7 Å². The van der Waals surface area contributed by atoms with E-state index in [2.05, 4.69) is 25.7 Å². The molecular weight excluding hydrogens is 440 g/mol. The fraction of sp³-hybridized carbons (Fsp3) is 0.591. The molecular formula is C22H30N8O4. The average molecular weight is 471 g/mol. The van der Waals surface area contributed by atoms with Gasteiger partial charge in [0.2, 0.25) is 0 Å². The van der Waals surface area contributed by atoms with Gasteiger partial charge in [0.25, 0.3) is 0 Å². The maximum Gasteiger partial charge on any atom is 0.306 e. The van der Waals surface area contributed by atoms with Crippen LogP contribution in [0.3, 0.4) is 0 Å². The van der Waals surface area contributed by atoms with Gasteiger partial charge in [0.1, 0.15) is 24.6 Å². The van der Waals surface area contributed by atoms with Crippen molar-refractivity contribution in [1.29, 1.82) is 0 Å². The van der Waals surface area contributed by atoms with E-state index >= 15 is 0 Å². The molecule has 1 aliphatic rings. The minimum absolute atomic E-state index is 0.123. The van der Waals surface area contributed by atoms with Gasteiger partial charge in [-0.15, -0.1) is 15.3 Å². The third-order valence-electron chi connectivity index (χ3n) is 5.86. The van der Waals surface area contributed by atoms with Crippen LogP contribution in [0.5, 0.6) is 5.75 Å². The zero-order chi connectivity index (χ0) is 24.1. The highest BCUT2D eigenvalue weighted by atomic mass is 16.5. The number of aromatic nitrogens is 8. The molecule has 1 saturated carbocycles. The highest BCUT2D eigenvalue weighted by molar-refractivity contribution is 5.70. The SMILES string of the molecule is CCCOCc1nnn(Cc2c(-c3ccc(O[C@H]4CCC[C@H](C(=O)O)C4)c(C)n3)nnn2C)n1. The quantitative estimate of drug-likeness (QED) is 0.438. The van der Waals surface area contributed by atoms with Crippen LogP contribution in [0.4, 0.5) is 0 Å². The predicted octanol–water partition coefficient (Wildman–Crippen LogP) is 2.17. The Morgan fingerprint density at radius 2 is 2.09 bits per heavy atom. The molecule has 0 aliphatic heterocycles. The predicted molar refractivity (Wildman–Crippen MR) is 120 cm³/mol. The van der Waals surface area contributed by atoms with Gasteiger partial charge in [0.15, 0.2) is 5.82 Å². The van der Waals surface area contributed by atoms with Gasteiger partial charge in [0.05, 0.1) is 29.1 Å². The second-order valence-corrected chi connectivity index (χ2v) is 8.52. The highest BCUT2D eigenvalue weighted by Crippen LogP contribution is 2.30. The number of rotatable bonds is 10. The van der Waals surface area contributed by atoms with Crippen LogP contribution in [0.1, 0.15) is 56.2 Å². The molecule has 0 unspecified atom stereocenters. The van der Waals surface area contributed by atoms with Crippen LogP contribution in [-0.4, -0.2) is 64.0 Å². The lowest BCUT2D eigenvalue weighted by atomic mass is 9.87. The van der Waals surface area contributed by atoms with Crippen molar-refractivity contribution < 1.29 is 19.4 Å². The molecule has 1 N–H and O–H groups in total. The first-order valence-electron chi connectivity index (χ1n) is 11.5. The Morgan fingerprint density at radius 3 is 2.85 bits per heavy atom. The van der Waals surface area contributed by atoms with Crippen LogP contribution in [0.25, 0.3) is 11.4 Å². The number of aliphatic carboxylic acids is 1. The number of hydrogen-bond acceptors (Lipinski definition) is 9. The summed E-state index contributed by atoms with van der Waals surface area (Å²) < 4.78 is 13.3. The summed E-state index contributed by atoms with van der Waals surface area (Å²) in [4.78, 5) is 17.5. The Labute approximate surface area is 197 Å². The topological polar surface area (TPSA) is 143 Å². The number of carboxylic acid groups (broad SMARTS) is 1. The Morgan fingerprint density at radius 1 is 1.24 bits per heavy atom. The van der Waals surface area contributed by atoms with Gasteiger partial charge in [-0.25, -0.2) is 9.67 Å². The third kappa shape index (κ3) is 5.56. The van der Waals surface area contributed by atoms with E-state index in [1.807, 2.05) is 26.0 Å². The summed E-state index contributed by atoms with van der Waals surface area (Å²) >= 11 is 0. The third-order valence-corrected chi connectivity index (χ3v) is 5.86. The van der Waals surface area contributed by atoms with Gasteiger partial charge in [-0.2, -0.15) is 4.80 Å². The van der Waals surface area contributed by atoms with Crippen LogP contribution in [-0.2, 0) is 29.7 Å². The standard InChI is InChI=1S/C22H30N8O4/c1-4-10-33-13-20-24-28-30(26-20)12-18-21(25-27-29(18)3)17-8-9-19(14(2)23-17)34-16-7-5-6-15(11-16)22(31)32/h8-9,15-16H,4-7,10-13H2,1-3H3,(H,31,32)/t15-,16-/m0/s1. The molecule has 0 amide bonds. The maximum atomic E-state index is 11.3. The van der Waals surface area contributed by atoms with Gasteiger partial charge in [-0.1, -0.05) is 12.1 Å². The summed E-state index contributed by atoms with van der Waals surface area (Å²) in [5, 5.41) is 30.3. The Bertz CT molecular complexity index is 1130. The molecule has 12 nitrogen and oxygen atoms in total. The number of aryl methyl sites for hydroxylation is 2. The van der Waals surface area contributed by atoms with Gasteiger partial charge >= 0.3 is 5.97 Å². The van der Waals surface area contributed by atoms with Gasteiger partial charge < -0.3 is 14.6 Å². The number of carboxylic acids is 1. The van der Waals surface area contributed by atoms with E-state index in [1.165, 1.54) is 4.80 Å². The van der Waals surface area contributed by atoms with E-state index in [0.717, 1.165) is 25.0 Å². The molecule has 0 aromatic carbocycles. The number of hydrogen-bond donors (Lipinski definition) is 1. The van der Waals surface area contributed by atoms with Gasteiger partial charge in [-0.3, -0.25) is 4.79 Å². The maximum absolute atomic E-state index is 11.3. The number of nitrogens with zero attached hydrogens (tertiary/aromatic N) is 8. The number of ether oxygens (including phenoxy) is 2. The highest BCUT2D eigenvalue weighted by Gasteiger charge is 2.28. The first-order chi connectivity index (χ1) is 16.4. The monoisotopic (exact) mass is 470 g/mol. The molecule has 2 atom stereocenters. The minimum Gasteiger partial charge on any atom is -0.489 e. The smallest absolute Gasteiger partial charge is 0.306 e. The van der Waals surface area contributed by atoms with Crippen molar-refractivity contribution in [1.82, 2.24) is 40.2 Å². The summed E-state index contributed by atoms with van der Waals surface area (Å²) in [5.74, 6) is 0.0713. The second-order valence-electron chi connectivity index (χ2n) is 8.52. The molecule has 182 valence electrons. The second kappa shape index (κ2) is 10.7. The van der Waals surface area contributed by atoms with Gasteiger partial charge in [-0.05, 0) is 56.4 Å². The molecule has 3 heterocycles. The average Bonchev–Trinajstić information content (AvgIpc) is 3.42. The molecule has 0 radical (unpaired) electrons. The van der Waals surface area contributed by atoms with Crippen LogP contribution in [0.15, 0.2) is 12.1 Å². The summed E-state index contributed by atoms with van der Waals surface area (Å²) in [5.41, 5.74) is 2.78. The zero-order valence-electron chi connectivity index (χ0n) is 19.7. The normalized spacial score (nSPS) is 18.2. The van der Waals surface area contributed by atoms with Crippen molar-refractivity contribution in [3.63, 3.8) is 0 Å². The van der Waals surface area contributed by atoms with Crippen molar-refractivity contribution in [2.75, 3.05) is 6.61 Å². The first kappa shape index (κ1) is 23.7. The van der Waals surface area contributed by atoms with E-state index in [-0.39, 0.29) is 12.0 Å². The molecule has 0 spiro atoms. The van der Waals surface area contributed by atoms with Gasteiger partial charge in [0, 0.05) is 13.7 Å². The van der Waals surface area contributed by atoms with Crippen LogP contribution in [0.2, 0.25) is 0 Å². The van der Waals surface area contributed by atoms with Crippen molar-refractivity contribution in [3.8, 4) is 17.1 Å². The van der Waals surface area contributed by atoms with Crippen LogP contribution < -0.4 is 4.74 Å². The molecule has 34 heavy (non-hydrogen) atoms. The zero-order valence-corrected chi connectivity index (χ0v) is 19.7. The molecule has 1 fully saturated rings. The van der Waals surface area contributed by atoms with Crippen molar-refractivity contribution >= 4 is 5.97 Å². The molecule has 0 bridgehead atoms. The Balaban J connectivity index is 1.47. The van der Waals surface area contributed by atoms with Crippen molar-refractivity contribution in [2.45, 2.75) is 65.2 Å². The Kier molecular flexibility index (Phi) is 7.46. The number of tetrazole rings is 1. The fourth-order valence-corrected chi connectivity index (χ4v) is 4.06. The van der Waals surface area contributed by atoms with E-state index in [9.17, 15) is 9.90 Å². The summed E-state index contributed by atoms with van der Waals surface area (Å²) in [6.45, 7) is 5.21. The summed E-state index contributed by atoms with van der Waals surface area (Å²) in [7, 11) is 1.81. The summed E-state index contributed by atoms with van der Waals surface area (Å²) in [6.07, 6.45) is 3.71. The summed E-state index contributed by atoms with van der Waals surface area (Å²) in [6, 6.07) is 3.70. The lowest BCUT2D eigenvalue weighted by molar-refractivity contribution is -0.143. The van der Waals surface area contributed by atoms with Crippen LogP contribution in [0, 0.1) is 12.8 Å². The molecule has 12 heteroatoms.